The summed E-state index contributed by atoms with van der Waals surface area (Å²) < 4.78 is 5.81. The van der Waals surface area contributed by atoms with Crippen molar-refractivity contribution in [2.45, 2.75) is 13.0 Å². The first-order valence-electron chi connectivity index (χ1n) is 10.7. The Balaban J connectivity index is 1.17. The molecule has 0 atom stereocenters. The summed E-state index contributed by atoms with van der Waals surface area (Å²) >= 11 is 5.38. The zero-order valence-electron chi connectivity index (χ0n) is 18.0. The average Bonchev–Trinajstić information content (AvgIpc) is 2.85. The largest absolute Gasteiger partial charge is 0.489 e. The summed E-state index contributed by atoms with van der Waals surface area (Å²) in [5.41, 5.74) is 1.83. The first-order chi connectivity index (χ1) is 16.2. The lowest BCUT2D eigenvalue weighted by Gasteiger charge is -2.12. The summed E-state index contributed by atoms with van der Waals surface area (Å²) in [6, 6.07) is 25.2. The normalized spacial score (nSPS) is 10.5. The first-order valence-corrected chi connectivity index (χ1v) is 11.1. The van der Waals surface area contributed by atoms with Crippen molar-refractivity contribution >= 4 is 39.6 Å². The third-order valence-electron chi connectivity index (χ3n) is 4.99. The van der Waals surface area contributed by atoms with Gasteiger partial charge in [0, 0.05) is 24.2 Å². The molecule has 0 amide bonds. The topological polar surface area (TPSA) is 91.1 Å². The van der Waals surface area contributed by atoms with Crippen LogP contribution >= 0.6 is 12.2 Å². The molecular weight excluding hydrogens is 434 g/mol. The minimum Gasteiger partial charge on any atom is -0.489 e. The number of aromatic nitrogens is 2. The van der Waals surface area contributed by atoms with E-state index in [4.69, 9.17) is 17.0 Å². The second-order valence-corrected chi connectivity index (χ2v) is 7.82. The van der Waals surface area contributed by atoms with Gasteiger partial charge in [-0.15, -0.1) is 0 Å². The van der Waals surface area contributed by atoms with Gasteiger partial charge < -0.3 is 20.7 Å². The molecule has 0 unspecified atom stereocenters. The quantitative estimate of drug-likeness (QED) is 0.219. The van der Waals surface area contributed by atoms with E-state index >= 15 is 0 Å². The Bertz CT molecular complexity index is 1260. The fourth-order valence-corrected chi connectivity index (χ4v) is 3.52. The number of anilines is 2. The van der Waals surface area contributed by atoms with Crippen LogP contribution in [0.1, 0.15) is 12.0 Å². The maximum Gasteiger partial charge on any atom is 0.272 e. The van der Waals surface area contributed by atoms with Gasteiger partial charge in [-0.1, -0.05) is 48.5 Å². The minimum atomic E-state index is -0.190. The molecule has 4 aromatic rings. The fraction of sp³-hybridized carbons (Fsp3) is 0.160. The fourth-order valence-electron chi connectivity index (χ4n) is 3.30. The van der Waals surface area contributed by atoms with Gasteiger partial charge in [0.15, 0.2) is 10.9 Å². The molecule has 4 rings (SSSR count). The Kier molecular flexibility index (Phi) is 7.50. The highest BCUT2D eigenvalue weighted by atomic mass is 32.1. The molecule has 0 aliphatic rings. The minimum absolute atomic E-state index is 0.190. The van der Waals surface area contributed by atoms with Crippen LogP contribution in [0.25, 0.3) is 10.8 Å². The van der Waals surface area contributed by atoms with E-state index in [2.05, 4.69) is 26.1 Å². The summed E-state index contributed by atoms with van der Waals surface area (Å²) in [7, 11) is 0. The van der Waals surface area contributed by atoms with Crippen LogP contribution < -0.4 is 26.2 Å². The molecule has 0 bridgehead atoms. The number of fused-ring (bicyclic) bond motifs is 1. The molecule has 0 fully saturated rings. The lowest BCUT2D eigenvalue weighted by molar-refractivity contribution is 0.306. The second-order valence-electron chi connectivity index (χ2n) is 7.41. The zero-order valence-corrected chi connectivity index (χ0v) is 18.8. The van der Waals surface area contributed by atoms with Gasteiger partial charge >= 0.3 is 0 Å². The number of hydrogen-bond acceptors (Lipinski definition) is 5. The third-order valence-corrected chi connectivity index (χ3v) is 5.23. The zero-order chi connectivity index (χ0) is 22.9. The molecule has 3 aromatic carbocycles. The highest BCUT2D eigenvalue weighted by Gasteiger charge is 2.05. The maximum absolute atomic E-state index is 11.9. The molecule has 1 aromatic heterocycles. The van der Waals surface area contributed by atoms with Crippen molar-refractivity contribution in [2.75, 3.05) is 23.7 Å². The molecule has 0 saturated carbocycles. The SMILES string of the molecule is O=c1[nH]nc(NCCCNC(=S)Nc2ccc(OCc3ccccc3)cc2)c2ccccc12. The van der Waals surface area contributed by atoms with E-state index in [0.29, 0.717) is 36.0 Å². The number of thiocarbonyl (C=S) groups is 1. The van der Waals surface area contributed by atoms with Gasteiger partial charge in [-0.05, 0) is 54.5 Å². The molecule has 0 spiro atoms. The number of nitrogens with one attached hydrogen (secondary N) is 4. The molecule has 8 heteroatoms. The molecule has 4 N–H and O–H groups in total. The van der Waals surface area contributed by atoms with E-state index < -0.39 is 0 Å². The predicted molar refractivity (Wildman–Crippen MR) is 137 cm³/mol. The molecule has 0 aliphatic carbocycles. The van der Waals surface area contributed by atoms with Crippen LogP contribution in [0.15, 0.2) is 83.7 Å². The van der Waals surface area contributed by atoms with Crippen molar-refractivity contribution in [2.24, 2.45) is 0 Å². The Labute approximate surface area is 197 Å². The van der Waals surface area contributed by atoms with E-state index in [1.807, 2.05) is 72.8 Å². The Hall–Kier alpha value is -3.91. The van der Waals surface area contributed by atoms with Crippen LogP contribution in [0, 0.1) is 0 Å². The summed E-state index contributed by atoms with van der Waals surface area (Å²) in [4.78, 5) is 11.9. The smallest absolute Gasteiger partial charge is 0.272 e. The molecule has 1 heterocycles. The number of rotatable bonds is 9. The van der Waals surface area contributed by atoms with E-state index in [0.717, 1.165) is 28.8 Å². The van der Waals surface area contributed by atoms with Crippen LogP contribution in [0.5, 0.6) is 5.75 Å². The van der Waals surface area contributed by atoms with Gasteiger partial charge in [-0.3, -0.25) is 4.79 Å². The summed E-state index contributed by atoms with van der Waals surface area (Å²) in [5.74, 6) is 1.47. The number of benzene rings is 3. The molecule has 33 heavy (non-hydrogen) atoms. The summed E-state index contributed by atoms with van der Waals surface area (Å²) in [6.07, 6.45) is 0.823. The lowest BCUT2D eigenvalue weighted by atomic mass is 10.2. The van der Waals surface area contributed by atoms with Crippen molar-refractivity contribution in [3.8, 4) is 5.75 Å². The monoisotopic (exact) mass is 459 g/mol. The summed E-state index contributed by atoms with van der Waals surface area (Å²) in [6.45, 7) is 1.91. The molecule has 0 aliphatic heterocycles. The van der Waals surface area contributed by atoms with Crippen molar-refractivity contribution in [3.05, 3.63) is 94.8 Å². The Morgan fingerprint density at radius 3 is 2.42 bits per heavy atom. The van der Waals surface area contributed by atoms with Crippen LogP contribution in [-0.2, 0) is 6.61 Å². The maximum atomic E-state index is 11.9. The van der Waals surface area contributed by atoms with Crippen molar-refractivity contribution in [1.29, 1.82) is 0 Å². The highest BCUT2D eigenvalue weighted by molar-refractivity contribution is 7.80. The van der Waals surface area contributed by atoms with Gasteiger partial charge in [0.25, 0.3) is 5.56 Å². The number of aromatic amines is 1. The first kappa shape index (κ1) is 22.3. The third kappa shape index (κ3) is 6.30. The van der Waals surface area contributed by atoms with Crippen LogP contribution in [-0.4, -0.2) is 28.4 Å². The van der Waals surface area contributed by atoms with Crippen LogP contribution in [0.2, 0.25) is 0 Å². The Morgan fingerprint density at radius 2 is 1.64 bits per heavy atom. The molecule has 7 nitrogen and oxygen atoms in total. The standard InChI is InChI=1S/C25H25N5O2S/c31-24-22-10-5-4-9-21(22)23(29-30-24)26-15-6-16-27-25(33)28-19-11-13-20(14-12-19)32-17-18-7-2-1-3-8-18/h1-5,7-14H,6,15-17H2,(H,26,29)(H,30,31)(H2,27,28,33). The Morgan fingerprint density at radius 1 is 0.909 bits per heavy atom. The van der Waals surface area contributed by atoms with Crippen molar-refractivity contribution in [3.63, 3.8) is 0 Å². The van der Waals surface area contributed by atoms with E-state index in [1.165, 1.54) is 0 Å². The van der Waals surface area contributed by atoms with Crippen molar-refractivity contribution in [1.82, 2.24) is 15.5 Å². The van der Waals surface area contributed by atoms with Crippen LogP contribution in [0.3, 0.4) is 0 Å². The number of hydrogen-bond donors (Lipinski definition) is 4. The number of nitrogens with zero attached hydrogens (tertiary/aromatic N) is 1. The van der Waals surface area contributed by atoms with Gasteiger partial charge in [0.05, 0.1) is 5.39 Å². The lowest BCUT2D eigenvalue weighted by Crippen LogP contribution is -2.30. The number of H-pyrrole nitrogens is 1. The van der Waals surface area contributed by atoms with E-state index in [9.17, 15) is 4.79 Å². The molecule has 168 valence electrons. The number of ether oxygens (including phenoxy) is 1. The van der Waals surface area contributed by atoms with Gasteiger partial charge in [-0.2, -0.15) is 5.10 Å². The average molecular weight is 460 g/mol. The van der Waals surface area contributed by atoms with Crippen molar-refractivity contribution < 1.29 is 4.74 Å². The summed E-state index contributed by atoms with van der Waals surface area (Å²) in [5, 5.41) is 18.3. The van der Waals surface area contributed by atoms with Gasteiger partial charge in [0.2, 0.25) is 0 Å². The van der Waals surface area contributed by atoms with Gasteiger partial charge in [0.1, 0.15) is 12.4 Å². The molecule has 0 saturated heterocycles. The second kappa shape index (κ2) is 11.1. The van der Waals surface area contributed by atoms with E-state index in [1.54, 1.807) is 6.07 Å². The van der Waals surface area contributed by atoms with Crippen LogP contribution in [0.4, 0.5) is 11.5 Å². The van der Waals surface area contributed by atoms with E-state index in [-0.39, 0.29) is 5.56 Å². The molecule has 0 radical (unpaired) electrons. The van der Waals surface area contributed by atoms with Gasteiger partial charge in [-0.25, -0.2) is 5.10 Å². The predicted octanol–water partition coefficient (Wildman–Crippen LogP) is 4.29. The molecular formula is C25H25N5O2S. The highest BCUT2D eigenvalue weighted by Crippen LogP contribution is 2.18.